The molecule has 1 N–H and O–H groups in total. The maximum absolute atomic E-state index is 12.2. The monoisotopic (exact) mass is 279 g/mol. The summed E-state index contributed by atoms with van der Waals surface area (Å²) in [5.74, 6) is 0.0955. The van der Waals surface area contributed by atoms with Crippen molar-refractivity contribution in [3.8, 4) is 0 Å². The van der Waals surface area contributed by atoms with Crippen molar-refractivity contribution in [2.45, 2.75) is 57.7 Å². The van der Waals surface area contributed by atoms with E-state index < -0.39 is 0 Å². The Balaban J connectivity index is 1.72. The van der Waals surface area contributed by atoms with E-state index in [1.54, 1.807) is 11.0 Å². The van der Waals surface area contributed by atoms with Crippen LogP contribution in [0, 0.1) is 0 Å². The summed E-state index contributed by atoms with van der Waals surface area (Å²) in [4.78, 5) is 18.3. The van der Waals surface area contributed by atoms with Gasteiger partial charge in [0, 0.05) is 12.6 Å². The molecule has 1 amide bonds. The quantitative estimate of drug-likeness (QED) is 0.845. The average Bonchev–Trinajstić information content (AvgIpc) is 2.99. The zero-order valence-corrected chi connectivity index (χ0v) is 12.5. The number of aromatic nitrogens is 3. The number of nitrogens with zero attached hydrogens (tertiary/aromatic N) is 4. The molecular formula is C14H25N5O. The summed E-state index contributed by atoms with van der Waals surface area (Å²) < 4.78 is 1.72. The van der Waals surface area contributed by atoms with Crippen LogP contribution in [0.4, 0.5) is 0 Å². The largest absolute Gasteiger partial charge is 0.353 e. The van der Waals surface area contributed by atoms with Gasteiger partial charge in [-0.3, -0.25) is 14.4 Å². The van der Waals surface area contributed by atoms with Crippen LogP contribution in [0.5, 0.6) is 0 Å². The molecule has 0 aromatic carbocycles. The number of nitrogens with one attached hydrogen (secondary N) is 1. The first-order valence-corrected chi connectivity index (χ1v) is 7.50. The molecule has 0 radical (unpaired) electrons. The van der Waals surface area contributed by atoms with Crippen LogP contribution >= 0.6 is 0 Å². The summed E-state index contributed by atoms with van der Waals surface area (Å²) in [6, 6.07) is 0.480. The molecule has 0 spiro atoms. The molecule has 1 fully saturated rings. The molecule has 0 saturated heterocycles. The van der Waals surface area contributed by atoms with Crippen molar-refractivity contribution in [1.82, 2.24) is 25.0 Å². The fourth-order valence-corrected chi connectivity index (χ4v) is 2.78. The van der Waals surface area contributed by atoms with E-state index in [9.17, 15) is 4.79 Å². The van der Waals surface area contributed by atoms with Gasteiger partial charge < -0.3 is 5.32 Å². The van der Waals surface area contributed by atoms with E-state index in [0.29, 0.717) is 19.1 Å². The third-order valence-electron chi connectivity index (χ3n) is 4.25. The molecule has 0 aliphatic heterocycles. The van der Waals surface area contributed by atoms with Crippen LogP contribution in [0.25, 0.3) is 0 Å². The van der Waals surface area contributed by atoms with Crippen LogP contribution in [-0.2, 0) is 11.3 Å². The van der Waals surface area contributed by atoms with Gasteiger partial charge in [-0.15, -0.1) is 0 Å². The Hall–Kier alpha value is -1.43. The minimum atomic E-state index is -0.0751. The predicted octanol–water partition coefficient (Wildman–Crippen LogP) is 1.05. The molecule has 2 rings (SSSR count). The molecule has 20 heavy (non-hydrogen) atoms. The van der Waals surface area contributed by atoms with Gasteiger partial charge >= 0.3 is 0 Å². The fraction of sp³-hybridized carbons (Fsp3) is 0.786. The molecule has 1 saturated carbocycles. The summed E-state index contributed by atoms with van der Waals surface area (Å²) in [6.07, 6.45) is 9.50. The number of hydrogen-bond acceptors (Lipinski definition) is 4. The van der Waals surface area contributed by atoms with E-state index in [4.69, 9.17) is 0 Å². The minimum Gasteiger partial charge on any atom is -0.353 e. The van der Waals surface area contributed by atoms with Crippen LogP contribution in [0.3, 0.4) is 0 Å². The van der Waals surface area contributed by atoms with Gasteiger partial charge in [0.15, 0.2) is 0 Å². The predicted molar refractivity (Wildman–Crippen MR) is 77.1 cm³/mol. The lowest BCUT2D eigenvalue weighted by atomic mass is 9.93. The number of rotatable bonds is 6. The SMILES string of the molecule is C[C@@H](C(=O)NCCn1cncn1)N(C)C1CCCCC1. The molecule has 1 aromatic rings. The topological polar surface area (TPSA) is 63.1 Å². The van der Waals surface area contributed by atoms with Crippen molar-refractivity contribution in [2.75, 3.05) is 13.6 Å². The van der Waals surface area contributed by atoms with Gasteiger partial charge in [-0.1, -0.05) is 19.3 Å². The molecule has 1 aliphatic carbocycles. The molecule has 1 aliphatic rings. The average molecular weight is 279 g/mol. The number of carbonyl (C=O) groups excluding carboxylic acids is 1. The maximum atomic E-state index is 12.2. The lowest BCUT2D eigenvalue weighted by Gasteiger charge is -2.34. The Morgan fingerprint density at radius 2 is 2.20 bits per heavy atom. The van der Waals surface area contributed by atoms with Gasteiger partial charge in [0.25, 0.3) is 0 Å². The number of carbonyl (C=O) groups is 1. The van der Waals surface area contributed by atoms with Gasteiger partial charge in [0.05, 0.1) is 12.6 Å². The van der Waals surface area contributed by atoms with Crippen molar-refractivity contribution in [1.29, 1.82) is 0 Å². The van der Waals surface area contributed by atoms with Gasteiger partial charge in [-0.25, -0.2) is 4.98 Å². The van der Waals surface area contributed by atoms with Crippen LogP contribution in [0.2, 0.25) is 0 Å². The van der Waals surface area contributed by atoms with E-state index in [2.05, 4.69) is 27.3 Å². The highest BCUT2D eigenvalue weighted by Gasteiger charge is 2.25. The Bertz CT molecular complexity index is 400. The van der Waals surface area contributed by atoms with E-state index in [-0.39, 0.29) is 11.9 Å². The number of amides is 1. The highest BCUT2D eigenvalue weighted by Crippen LogP contribution is 2.22. The van der Waals surface area contributed by atoms with E-state index in [1.165, 1.54) is 38.4 Å². The van der Waals surface area contributed by atoms with Crippen LogP contribution in [-0.4, -0.2) is 51.2 Å². The van der Waals surface area contributed by atoms with Gasteiger partial charge in [-0.2, -0.15) is 5.10 Å². The molecule has 112 valence electrons. The molecule has 1 heterocycles. The first-order chi connectivity index (χ1) is 9.68. The summed E-state index contributed by atoms with van der Waals surface area (Å²) in [5, 5.41) is 6.98. The summed E-state index contributed by atoms with van der Waals surface area (Å²) in [7, 11) is 2.07. The third kappa shape index (κ3) is 4.03. The van der Waals surface area contributed by atoms with Crippen molar-refractivity contribution >= 4 is 5.91 Å². The zero-order valence-electron chi connectivity index (χ0n) is 12.5. The molecule has 0 bridgehead atoms. The van der Waals surface area contributed by atoms with Crippen molar-refractivity contribution in [3.05, 3.63) is 12.7 Å². The first kappa shape index (κ1) is 15.0. The lowest BCUT2D eigenvalue weighted by molar-refractivity contribution is -0.126. The highest BCUT2D eigenvalue weighted by molar-refractivity contribution is 5.81. The number of likely N-dealkylation sites (N-methyl/N-ethyl adjacent to an activating group) is 1. The van der Waals surface area contributed by atoms with Crippen LogP contribution in [0.1, 0.15) is 39.0 Å². The Labute approximate surface area is 120 Å². The highest BCUT2D eigenvalue weighted by atomic mass is 16.2. The summed E-state index contributed by atoms with van der Waals surface area (Å²) in [6.45, 7) is 3.23. The van der Waals surface area contributed by atoms with Crippen molar-refractivity contribution in [2.24, 2.45) is 0 Å². The molecule has 6 heteroatoms. The Morgan fingerprint density at radius 3 is 2.85 bits per heavy atom. The molecule has 0 unspecified atom stereocenters. The van der Waals surface area contributed by atoms with Crippen LogP contribution in [0.15, 0.2) is 12.7 Å². The molecule has 1 aromatic heterocycles. The standard InChI is InChI=1S/C14H25N5O/c1-12(18(2)13-6-4-3-5-7-13)14(20)16-8-9-19-11-15-10-17-19/h10-13H,3-9H2,1-2H3,(H,16,20)/t12-/m0/s1. The second-order valence-electron chi connectivity index (χ2n) is 5.58. The van der Waals surface area contributed by atoms with Crippen molar-refractivity contribution in [3.63, 3.8) is 0 Å². The third-order valence-corrected chi connectivity index (χ3v) is 4.25. The van der Waals surface area contributed by atoms with Gasteiger partial charge in [0.2, 0.25) is 5.91 Å². The maximum Gasteiger partial charge on any atom is 0.237 e. The van der Waals surface area contributed by atoms with E-state index in [0.717, 1.165) is 0 Å². The number of hydrogen-bond donors (Lipinski definition) is 1. The van der Waals surface area contributed by atoms with Gasteiger partial charge in [0.1, 0.15) is 12.7 Å². The summed E-state index contributed by atoms with van der Waals surface area (Å²) in [5.41, 5.74) is 0. The van der Waals surface area contributed by atoms with E-state index >= 15 is 0 Å². The van der Waals surface area contributed by atoms with E-state index in [1.807, 2.05) is 6.92 Å². The molecule has 6 nitrogen and oxygen atoms in total. The Morgan fingerprint density at radius 1 is 1.45 bits per heavy atom. The normalized spacial score (nSPS) is 18.1. The van der Waals surface area contributed by atoms with Crippen LogP contribution < -0.4 is 5.32 Å². The lowest BCUT2D eigenvalue weighted by Crippen LogP contribution is -2.48. The molecule has 1 atom stereocenters. The fourth-order valence-electron chi connectivity index (χ4n) is 2.78. The Kier molecular flexibility index (Phi) is 5.52. The first-order valence-electron chi connectivity index (χ1n) is 7.50. The van der Waals surface area contributed by atoms with Gasteiger partial charge in [-0.05, 0) is 26.8 Å². The van der Waals surface area contributed by atoms with Crippen molar-refractivity contribution < 1.29 is 4.79 Å². The second kappa shape index (κ2) is 7.38. The zero-order chi connectivity index (χ0) is 14.4. The minimum absolute atomic E-state index is 0.0751. The molecular weight excluding hydrogens is 254 g/mol. The second-order valence-corrected chi connectivity index (χ2v) is 5.58. The summed E-state index contributed by atoms with van der Waals surface area (Å²) >= 11 is 0. The smallest absolute Gasteiger partial charge is 0.237 e.